The predicted octanol–water partition coefficient (Wildman–Crippen LogP) is 3.49. The van der Waals surface area contributed by atoms with E-state index in [0.29, 0.717) is 10.5 Å². The highest BCUT2D eigenvalue weighted by molar-refractivity contribution is 9.10. The third-order valence-corrected chi connectivity index (χ3v) is 6.43. The van der Waals surface area contributed by atoms with Gasteiger partial charge in [0.25, 0.3) is 5.56 Å². The fourth-order valence-electron chi connectivity index (χ4n) is 3.07. The molecule has 2 aromatic rings. The molecule has 1 saturated heterocycles. The molecule has 1 fully saturated rings. The Balaban J connectivity index is 1.75. The first kappa shape index (κ1) is 17.6. The lowest BCUT2D eigenvalue weighted by Crippen LogP contribution is -2.39. The van der Waals surface area contributed by atoms with Gasteiger partial charge in [-0.1, -0.05) is 13.0 Å². The number of rotatable bonds is 5. The van der Waals surface area contributed by atoms with Crippen molar-refractivity contribution >= 4 is 33.0 Å². The molecule has 5 nitrogen and oxygen atoms in total. The van der Waals surface area contributed by atoms with Gasteiger partial charge in [0, 0.05) is 18.5 Å². The Bertz CT molecular complexity index is 723. The van der Waals surface area contributed by atoms with Crippen LogP contribution in [0.2, 0.25) is 0 Å². The van der Waals surface area contributed by atoms with E-state index in [9.17, 15) is 4.79 Å². The SMILES string of the molecule is CC1CCN(C(CNc2cnn(C)c(=O)c2Br)c2cccs2)CC1. The summed E-state index contributed by atoms with van der Waals surface area (Å²) in [6, 6.07) is 4.63. The van der Waals surface area contributed by atoms with E-state index in [-0.39, 0.29) is 5.56 Å². The molecular formula is C17H23BrN4OS. The van der Waals surface area contributed by atoms with E-state index in [4.69, 9.17) is 0 Å². The number of aryl methyl sites for hydroxylation is 1. The minimum atomic E-state index is -0.125. The molecule has 1 aliphatic rings. The number of nitrogens with one attached hydrogen (secondary N) is 1. The molecule has 2 aromatic heterocycles. The first-order chi connectivity index (χ1) is 11.6. The molecule has 1 atom stereocenters. The molecule has 3 heterocycles. The Morgan fingerprint density at radius 1 is 1.46 bits per heavy atom. The third kappa shape index (κ3) is 3.90. The number of piperidine rings is 1. The van der Waals surface area contributed by atoms with E-state index in [0.717, 1.165) is 31.2 Å². The van der Waals surface area contributed by atoms with Crippen LogP contribution >= 0.6 is 27.3 Å². The molecular weight excluding hydrogens is 388 g/mol. The van der Waals surface area contributed by atoms with E-state index in [1.54, 1.807) is 24.6 Å². The fourth-order valence-corrected chi connectivity index (χ4v) is 4.43. The molecule has 1 aliphatic heterocycles. The van der Waals surface area contributed by atoms with Gasteiger partial charge in [-0.05, 0) is 59.2 Å². The smallest absolute Gasteiger partial charge is 0.282 e. The monoisotopic (exact) mass is 410 g/mol. The van der Waals surface area contributed by atoms with Gasteiger partial charge in [0.2, 0.25) is 0 Å². The zero-order valence-electron chi connectivity index (χ0n) is 14.0. The maximum Gasteiger partial charge on any atom is 0.282 e. The van der Waals surface area contributed by atoms with Gasteiger partial charge in [0.05, 0.1) is 17.9 Å². The van der Waals surface area contributed by atoms with Gasteiger partial charge in [-0.2, -0.15) is 5.10 Å². The lowest BCUT2D eigenvalue weighted by Gasteiger charge is -2.36. The summed E-state index contributed by atoms with van der Waals surface area (Å²) in [6.07, 6.45) is 4.20. The number of halogens is 1. The van der Waals surface area contributed by atoms with E-state index in [1.807, 2.05) is 0 Å². The van der Waals surface area contributed by atoms with Crippen LogP contribution in [-0.4, -0.2) is 34.3 Å². The van der Waals surface area contributed by atoms with Crippen LogP contribution in [0.15, 0.2) is 33.0 Å². The number of hydrogen-bond donors (Lipinski definition) is 1. The zero-order valence-corrected chi connectivity index (χ0v) is 16.4. The summed E-state index contributed by atoms with van der Waals surface area (Å²) in [7, 11) is 1.65. The van der Waals surface area contributed by atoms with Gasteiger partial charge in [-0.25, -0.2) is 4.68 Å². The lowest BCUT2D eigenvalue weighted by molar-refractivity contribution is 0.145. The molecule has 24 heavy (non-hydrogen) atoms. The van der Waals surface area contributed by atoms with Gasteiger partial charge < -0.3 is 5.32 Å². The van der Waals surface area contributed by atoms with Gasteiger partial charge in [0.1, 0.15) is 4.47 Å². The number of thiophene rings is 1. The molecule has 0 bridgehead atoms. The van der Waals surface area contributed by atoms with Crippen LogP contribution in [0.3, 0.4) is 0 Å². The van der Waals surface area contributed by atoms with Crippen molar-refractivity contribution in [2.24, 2.45) is 13.0 Å². The number of aromatic nitrogens is 2. The Hall–Kier alpha value is -1.18. The van der Waals surface area contributed by atoms with E-state index < -0.39 is 0 Å². The second kappa shape index (κ2) is 7.80. The number of anilines is 1. The van der Waals surface area contributed by atoms with Crippen molar-refractivity contribution in [2.75, 3.05) is 25.0 Å². The van der Waals surface area contributed by atoms with Crippen molar-refractivity contribution in [3.05, 3.63) is 43.4 Å². The summed E-state index contributed by atoms with van der Waals surface area (Å²) in [5.41, 5.74) is 0.629. The Kier molecular flexibility index (Phi) is 5.73. The van der Waals surface area contributed by atoms with E-state index >= 15 is 0 Å². The molecule has 0 amide bonds. The van der Waals surface area contributed by atoms with E-state index in [2.05, 4.69) is 55.7 Å². The van der Waals surface area contributed by atoms with Gasteiger partial charge in [0.15, 0.2) is 0 Å². The first-order valence-corrected chi connectivity index (χ1v) is 9.96. The number of hydrogen-bond acceptors (Lipinski definition) is 5. The van der Waals surface area contributed by atoms with Crippen LogP contribution in [0.5, 0.6) is 0 Å². The van der Waals surface area contributed by atoms with Gasteiger partial charge in [-0.3, -0.25) is 9.69 Å². The first-order valence-electron chi connectivity index (χ1n) is 8.29. The lowest BCUT2D eigenvalue weighted by atomic mass is 9.97. The minimum absolute atomic E-state index is 0.125. The van der Waals surface area contributed by atoms with Crippen molar-refractivity contribution in [1.82, 2.24) is 14.7 Å². The highest BCUT2D eigenvalue weighted by atomic mass is 79.9. The molecule has 130 valence electrons. The fraction of sp³-hybridized carbons (Fsp3) is 0.529. The van der Waals surface area contributed by atoms with Gasteiger partial charge in [-0.15, -0.1) is 11.3 Å². The molecule has 0 spiro atoms. The maximum atomic E-state index is 12.0. The normalized spacial score (nSPS) is 17.8. The zero-order chi connectivity index (χ0) is 17.1. The van der Waals surface area contributed by atoms with Crippen molar-refractivity contribution in [3.63, 3.8) is 0 Å². The summed E-state index contributed by atoms with van der Waals surface area (Å²) in [5.74, 6) is 0.814. The van der Waals surface area contributed by atoms with Crippen LogP contribution in [0.25, 0.3) is 0 Å². The molecule has 7 heteroatoms. The average Bonchev–Trinajstić information content (AvgIpc) is 3.10. The molecule has 1 unspecified atom stereocenters. The summed E-state index contributed by atoms with van der Waals surface area (Å²) in [4.78, 5) is 15.9. The van der Waals surface area contributed by atoms with Gasteiger partial charge >= 0.3 is 0 Å². The summed E-state index contributed by atoms with van der Waals surface area (Å²) >= 11 is 5.18. The highest BCUT2D eigenvalue weighted by Crippen LogP contribution is 2.30. The van der Waals surface area contributed by atoms with Crippen LogP contribution in [-0.2, 0) is 7.05 Å². The van der Waals surface area contributed by atoms with Crippen molar-refractivity contribution in [1.29, 1.82) is 0 Å². The summed E-state index contributed by atoms with van der Waals surface area (Å²) in [5, 5.41) is 9.65. The topological polar surface area (TPSA) is 50.2 Å². The predicted molar refractivity (Wildman–Crippen MR) is 103 cm³/mol. The summed E-state index contributed by atoms with van der Waals surface area (Å²) < 4.78 is 1.87. The van der Waals surface area contributed by atoms with Crippen molar-refractivity contribution < 1.29 is 0 Å². The second-order valence-electron chi connectivity index (χ2n) is 6.43. The molecule has 0 aliphatic carbocycles. The Morgan fingerprint density at radius 2 is 2.21 bits per heavy atom. The molecule has 0 saturated carbocycles. The van der Waals surface area contributed by atoms with Crippen LogP contribution in [0.1, 0.15) is 30.7 Å². The van der Waals surface area contributed by atoms with Crippen LogP contribution in [0, 0.1) is 5.92 Å². The van der Waals surface area contributed by atoms with Crippen LogP contribution < -0.4 is 10.9 Å². The largest absolute Gasteiger partial charge is 0.381 e. The number of nitrogens with zero attached hydrogens (tertiary/aromatic N) is 3. The minimum Gasteiger partial charge on any atom is -0.381 e. The average molecular weight is 411 g/mol. The Morgan fingerprint density at radius 3 is 2.88 bits per heavy atom. The number of likely N-dealkylation sites (tertiary alicyclic amines) is 1. The van der Waals surface area contributed by atoms with Crippen molar-refractivity contribution in [2.45, 2.75) is 25.8 Å². The molecule has 3 rings (SSSR count). The van der Waals surface area contributed by atoms with Crippen molar-refractivity contribution in [3.8, 4) is 0 Å². The second-order valence-corrected chi connectivity index (χ2v) is 8.20. The standard InChI is InChI=1S/C17H23BrN4OS/c1-12-5-7-22(8-6-12)14(15-4-3-9-24-15)11-19-13-10-20-21(2)17(23)16(13)18/h3-4,9-10,12,14,19H,5-8,11H2,1-2H3. The summed E-state index contributed by atoms with van der Waals surface area (Å²) in [6.45, 7) is 5.35. The maximum absolute atomic E-state index is 12.0. The van der Waals surface area contributed by atoms with E-state index in [1.165, 1.54) is 22.4 Å². The molecule has 1 N–H and O–H groups in total. The Labute approximate surface area is 154 Å². The highest BCUT2D eigenvalue weighted by Gasteiger charge is 2.25. The quantitative estimate of drug-likeness (QED) is 0.819. The van der Waals surface area contributed by atoms with Crippen LogP contribution in [0.4, 0.5) is 5.69 Å². The third-order valence-electron chi connectivity index (χ3n) is 4.69. The molecule has 0 aromatic carbocycles. The molecule has 0 radical (unpaired) electrons.